The standard InChI is InChI=1S/C13H21F3N4/c1-8(2)5-4-6-9(3)18-11-7-10(17)19-12(20-11)13(14,15)16/h7-9H,4-6H2,1-3H3,(H3,17,18,19,20). The quantitative estimate of drug-likeness (QED) is 0.838. The molecule has 0 fully saturated rings. The molecule has 0 aliphatic rings. The molecule has 0 saturated heterocycles. The van der Waals surface area contributed by atoms with Crippen LogP contribution in [0.1, 0.15) is 45.9 Å². The number of rotatable bonds is 6. The van der Waals surface area contributed by atoms with Gasteiger partial charge >= 0.3 is 6.18 Å². The Hall–Kier alpha value is -1.53. The summed E-state index contributed by atoms with van der Waals surface area (Å²) in [5.41, 5.74) is 5.38. The van der Waals surface area contributed by atoms with E-state index in [9.17, 15) is 13.2 Å². The molecule has 4 nitrogen and oxygen atoms in total. The van der Waals surface area contributed by atoms with Crippen LogP contribution in [0.3, 0.4) is 0 Å². The van der Waals surface area contributed by atoms with Gasteiger partial charge in [-0.2, -0.15) is 13.2 Å². The van der Waals surface area contributed by atoms with E-state index in [1.165, 1.54) is 6.07 Å². The normalized spacial score (nSPS) is 13.6. The molecule has 1 unspecified atom stereocenters. The SMILES string of the molecule is CC(C)CCCC(C)Nc1cc(N)nc(C(F)(F)F)n1. The average molecular weight is 290 g/mol. The average Bonchev–Trinajstić information content (AvgIpc) is 2.26. The van der Waals surface area contributed by atoms with Gasteiger partial charge in [0.05, 0.1) is 0 Å². The second-order valence-corrected chi connectivity index (χ2v) is 5.37. The van der Waals surface area contributed by atoms with Crippen molar-refractivity contribution >= 4 is 11.6 Å². The van der Waals surface area contributed by atoms with Crippen LogP contribution in [0, 0.1) is 5.92 Å². The Kier molecular flexibility index (Phi) is 5.59. The fourth-order valence-corrected chi connectivity index (χ4v) is 1.82. The molecule has 0 aliphatic heterocycles. The van der Waals surface area contributed by atoms with E-state index in [0.29, 0.717) is 5.92 Å². The van der Waals surface area contributed by atoms with E-state index in [0.717, 1.165) is 19.3 Å². The summed E-state index contributed by atoms with van der Waals surface area (Å²) >= 11 is 0. The van der Waals surface area contributed by atoms with Crippen LogP contribution in [-0.2, 0) is 6.18 Å². The molecule has 0 saturated carbocycles. The van der Waals surface area contributed by atoms with E-state index in [1.807, 2.05) is 6.92 Å². The zero-order valence-corrected chi connectivity index (χ0v) is 12.0. The maximum Gasteiger partial charge on any atom is 0.451 e. The first kappa shape index (κ1) is 16.5. The molecule has 1 heterocycles. The van der Waals surface area contributed by atoms with Crippen molar-refractivity contribution in [2.75, 3.05) is 11.1 Å². The molecule has 1 aromatic rings. The number of nitrogens with two attached hydrogens (primary N) is 1. The largest absolute Gasteiger partial charge is 0.451 e. The number of nitrogen functional groups attached to an aromatic ring is 1. The number of aromatic nitrogens is 2. The fraction of sp³-hybridized carbons (Fsp3) is 0.692. The highest BCUT2D eigenvalue weighted by molar-refractivity contribution is 5.45. The second-order valence-electron chi connectivity index (χ2n) is 5.37. The Balaban J connectivity index is 2.65. The summed E-state index contributed by atoms with van der Waals surface area (Å²) in [7, 11) is 0. The van der Waals surface area contributed by atoms with Crippen LogP contribution in [0.5, 0.6) is 0 Å². The maximum atomic E-state index is 12.6. The molecular weight excluding hydrogens is 269 g/mol. The van der Waals surface area contributed by atoms with Gasteiger partial charge < -0.3 is 11.1 Å². The lowest BCUT2D eigenvalue weighted by atomic mass is 10.0. The van der Waals surface area contributed by atoms with Crippen LogP contribution in [0.4, 0.5) is 24.8 Å². The van der Waals surface area contributed by atoms with Gasteiger partial charge in [-0.05, 0) is 19.3 Å². The molecule has 0 amide bonds. The molecule has 114 valence electrons. The maximum absolute atomic E-state index is 12.6. The van der Waals surface area contributed by atoms with Crippen LogP contribution >= 0.6 is 0 Å². The van der Waals surface area contributed by atoms with Crippen molar-refractivity contribution in [3.8, 4) is 0 Å². The van der Waals surface area contributed by atoms with E-state index in [4.69, 9.17) is 5.73 Å². The van der Waals surface area contributed by atoms with Crippen molar-refractivity contribution in [2.24, 2.45) is 5.92 Å². The van der Waals surface area contributed by atoms with Gasteiger partial charge in [0.2, 0.25) is 5.82 Å². The molecule has 0 spiro atoms. The molecule has 1 atom stereocenters. The Labute approximate surface area is 117 Å². The van der Waals surface area contributed by atoms with Crippen LogP contribution in [0.15, 0.2) is 6.07 Å². The molecule has 1 rings (SSSR count). The van der Waals surface area contributed by atoms with Gasteiger partial charge in [-0.25, -0.2) is 9.97 Å². The lowest BCUT2D eigenvalue weighted by Crippen LogP contribution is -2.19. The van der Waals surface area contributed by atoms with Crippen LogP contribution < -0.4 is 11.1 Å². The van der Waals surface area contributed by atoms with Gasteiger partial charge in [-0.1, -0.05) is 26.7 Å². The van der Waals surface area contributed by atoms with Crippen molar-refractivity contribution in [1.29, 1.82) is 0 Å². The van der Waals surface area contributed by atoms with Crippen molar-refractivity contribution in [3.05, 3.63) is 11.9 Å². The minimum absolute atomic E-state index is 0.0316. The molecule has 7 heteroatoms. The van der Waals surface area contributed by atoms with E-state index >= 15 is 0 Å². The summed E-state index contributed by atoms with van der Waals surface area (Å²) in [5, 5.41) is 2.94. The Morgan fingerprint density at radius 2 is 1.85 bits per heavy atom. The van der Waals surface area contributed by atoms with E-state index in [2.05, 4.69) is 29.1 Å². The summed E-state index contributed by atoms with van der Waals surface area (Å²) in [4.78, 5) is 6.66. The summed E-state index contributed by atoms with van der Waals surface area (Å²) in [6.07, 6.45) is -1.62. The highest BCUT2D eigenvalue weighted by Gasteiger charge is 2.35. The van der Waals surface area contributed by atoms with Gasteiger partial charge in [0.1, 0.15) is 11.6 Å². The van der Waals surface area contributed by atoms with E-state index in [-0.39, 0.29) is 17.7 Å². The lowest BCUT2D eigenvalue weighted by molar-refractivity contribution is -0.144. The second kappa shape index (κ2) is 6.76. The van der Waals surface area contributed by atoms with Gasteiger partial charge in [0.25, 0.3) is 0 Å². The third kappa shape index (κ3) is 5.63. The Bertz CT molecular complexity index is 432. The van der Waals surface area contributed by atoms with Gasteiger partial charge in [-0.3, -0.25) is 0 Å². The molecule has 0 radical (unpaired) electrons. The Morgan fingerprint density at radius 1 is 1.20 bits per heavy atom. The summed E-state index contributed by atoms with van der Waals surface area (Å²) in [5.74, 6) is -0.672. The molecule has 0 aliphatic carbocycles. The molecule has 3 N–H and O–H groups in total. The monoisotopic (exact) mass is 290 g/mol. The minimum Gasteiger partial charge on any atom is -0.384 e. The highest BCUT2D eigenvalue weighted by Crippen LogP contribution is 2.28. The van der Waals surface area contributed by atoms with E-state index < -0.39 is 12.0 Å². The molecular formula is C13H21F3N4. The molecule has 20 heavy (non-hydrogen) atoms. The van der Waals surface area contributed by atoms with Gasteiger partial charge in [0, 0.05) is 12.1 Å². The lowest BCUT2D eigenvalue weighted by Gasteiger charge is -2.16. The van der Waals surface area contributed by atoms with Crippen molar-refractivity contribution in [1.82, 2.24) is 9.97 Å². The number of hydrogen-bond acceptors (Lipinski definition) is 4. The fourth-order valence-electron chi connectivity index (χ4n) is 1.82. The Morgan fingerprint density at radius 3 is 2.40 bits per heavy atom. The molecule has 0 aromatic carbocycles. The first-order chi connectivity index (χ1) is 9.18. The highest BCUT2D eigenvalue weighted by atomic mass is 19.4. The van der Waals surface area contributed by atoms with Gasteiger partial charge in [0.15, 0.2) is 0 Å². The zero-order chi connectivity index (χ0) is 15.3. The predicted octanol–water partition coefficient (Wildman–Crippen LogP) is 3.70. The summed E-state index contributed by atoms with van der Waals surface area (Å²) in [6, 6.07) is 1.35. The third-order valence-electron chi connectivity index (χ3n) is 2.81. The third-order valence-corrected chi connectivity index (χ3v) is 2.81. The number of nitrogens with one attached hydrogen (secondary N) is 1. The topological polar surface area (TPSA) is 63.8 Å². The number of halogens is 3. The predicted molar refractivity (Wildman–Crippen MR) is 73.2 cm³/mol. The smallest absolute Gasteiger partial charge is 0.384 e. The molecule has 0 bridgehead atoms. The first-order valence-electron chi connectivity index (χ1n) is 6.66. The van der Waals surface area contributed by atoms with Crippen molar-refractivity contribution in [2.45, 2.75) is 52.3 Å². The van der Waals surface area contributed by atoms with Gasteiger partial charge in [-0.15, -0.1) is 0 Å². The van der Waals surface area contributed by atoms with Crippen molar-refractivity contribution in [3.63, 3.8) is 0 Å². The van der Waals surface area contributed by atoms with E-state index in [1.54, 1.807) is 0 Å². The summed E-state index contributed by atoms with van der Waals surface area (Å²) < 4.78 is 37.7. The van der Waals surface area contributed by atoms with Crippen LogP contribution in [0.2, 0.25) is 0 Å². The van der Waals surface area contributed by atoms with Crippen LogP contribution in [0.25, 0.3) is 0 Å². The first-order valence-corrected chi connectivity index (χ1v) is 6.66. The summed E-state index contributed by atoms with van der Waals surface area (Å²) in [6.45, 7) is 6.18. The number of anilines is 2. The van der Waals surface area contributed by atoms with Crippen molar-refractivity contribution < 1.29 is 13.2 Å². The van der Waals surface area contributed by atoms with Crippen LogP contribution in [-0.4, -0.2) is 16.0 Å². The number of hydrogen-bond donors (Lipinski definition) is 2. The number of nitrogens with zero attached hydrogens (tertiary/aromatic N) is 2. The molecule has 1 aromatic heterocycles. The number of alkyl halides is 3. The minimum atomic E-state index is -4.59. The zero-order valence-electron chi connectivity index (χ0n) is 12.0.